The number of nitrogens with zero attached hydrogens (tertiary/aromatic N) is 1. The molecule has 0 radical (unpaired) electrons. The van der Waals surface area contributed by atoms with Gasteiger partial charge in [0, 0.05) is 18.3 Å². The third-order valence-corrected chi connectivity index (χ3v) is 3.63. The van der Waals surface area contributed by atoms with Crippen molar-refractivity contribution in [1.82, 2.24) is 4.90 Å². The molecule has 116 valence electrons. The lowest BCUT2D eigenvalue weighted by atomic mass is 9.92. The Morgan fingerprint density at radius 3 is 2.67 bits per heavy atom. The van der Waals surface area contributed by atoms with Gasteiger partial charge in [-0.15, -0.1) is 0 Å². The van der Waals surface area contributed by atoms with Gasteiger partial charge in [-0.1, -0.05) is 18.2 Å². The number of hydrogen-bond donors (Lipinski definition) is 1. The molecule has 1 unspecified atom stereocenters. The summed E-state index contributed by atoms with van der Waals surface area (Å²) in [5.41, 5.74) is 1.92. The molecule has 1 N–H and O–H groups in total. The van der Waals surface area contributed by atoms with Gasteiger partial charge in [-0.05, 0) is 31.9 Å². The predicted octanol–water partition coefficient (Wildman–Crippen LogP) is 3.07. The summed E-state index contributed by atoms with van der Waals surface area (Å²) in [5, 5.41) is 3.12. The van der Waals surface area contributed by atoms with E-state index >= 15 is 0 Å². The number of halogens is 3. The van der Waals surface area contributed by atoms with Gasteiger partial charge in [0.1, 0.15) is 6.54 Å². The zero-order valence-electron chi connectivity index (χ0n) is 12.1. The number of anilines is 1. The molecule has 3 nitrogen and oxygen atoms in total. The van der Waals surface area contributed by atoms with Crippen LogP contribution < -0.4 is 5.32 Å². The van der Waals surface area contributed by atoms with E-state index in [0.29, 0.717) is 13.0 Å². The van der Waals surface area contributed by atoms with E-state index < -0.39 is 30.6 Å². The number of para-hydroxylation sites is 1. The van der Waals surface area contributed by atoms with E-state index in [1.165, 1.54) is 0 Å². The van der Waals surface area contributed by atoms with Crippen LogP contribution in [0.25, 0.3) is 0 Å². The van der Waals surface area contributed by atoms with Crippen LogP contribution in [0.4, 0.5) is 18.9 Å². The Kier molecular flexibility index (Phi) is 4.44. The molecule has 0 saturated heterocycles. The fraction of sp³-hybridized carbons (Fsp3) is 0.533. The minimum atomic E-state index is -4.38. The predicted molar refractivity (Wildman–Crippen MR) is 75.0 cm³/mol. The average molecular weight is 300 g/mol. The lowest BCUT2D eigenvalue weighted by Crippen LogP contribution is -2.48. The summed E-state index contributed by atoms with van der Waals surface area (Å²) < 4.78 is 37.9. The molecule has 2 rings (SSSR count). The van der Waals surface area contributed by atoms with Crippen molar-refractivity contribution in [2.45, 2.75) is 32.5 Å². The van der Waals surface area contributed by atoms with Gasteiger partial charge in [0.15, 0.2) is 0 Å². The van der Waals surface area contributed by atoms with E-state index in [-0.39, 0.29) is 0 Å². The molecule has 1 aromatic rings. The van der Waals surface area contributed by atoms with E-state index in [9.17, 15) is 18.0 Å². The van der Waals surface area contributed by atoms with Gasteiger partial charge in [-0.25, -0.2) is 0 Å². The number of hydrogen-bond acceptors (Lipinski definition) is 2. The van der Waals surface area contributed by atoms with Gasteiger partial charge in [-0.2, -0.15) is 13.2 Å². The number of fused-ring (bicyclic) bond motifs is 1. The number of benzene rings is 1. The highest BCUT2D eigenvalue weighted by Gasteiger charge is 2.37. The van der Waals surface area contributed by atoms with Crippen molar-refractivity contribution < 1.29 is 18.0 Å². The molecule has 1 atom stereocenters. The first-order valence-electron chi connectivity index (χ1n) is 6.97. The molecule has 21 heavy (non-hydrogen) atoms. The Morgan fingerprint density at radius 1 is 1.38 bits per heavy atom. The monoisotopic (exact) mass is 300 g/mol. The number of rotatable bonds is 3. The summed E-state index contributed by atoms with van der Waals surface area (Å²) in [5.74, 6) is -0.894. The third-order valence-electron chi connectivity index (χ3n) is 3.63. The average Bonchev–Trinajstić information content (AvgIpc) is 2.42. The molecule has 6 heteroatoms. The summed E-state index contributed by atoms with van der Waals surface area (Å²) in [6.07, 6.45) is -3.90. The standard InChI is InChI=1S/C15H19F3N2O/c1-10(2)20(9-15(16,17)18)14(21)12-7-11-5-3-4-6-13(11)19-8-12/h3-6,10,12,19H,7-9H2,1-2H3. The van der Waals surface area contributed by atoms with Crippen LogP contribution in [0, 0.1) is 5.92 Å². The van der Waals surface area contributed by atoms with Gasteiger partial charge in [0.25, 0.3) is 0 Å². The van der Waals surface area contributed by atoms with Crippen molar-refractivity contribution in [3.8, 4) is 0 Å². The number of carbonyl (C=O) groups is 1. The van der Waals surface area contributed by atoms with Gasteiger partial charge in [0.2, 0.25) is 5.91 Å². The zero-order chi connectivity index (χ0) is 15.6. The maximum absolute atomic E-state index is 12.6. The Labute approximate surface area is 122 Å². The Balaban J connectivity index is 2.12. The Morgan fingerprint density at radius 2 is 2.05 bits per heavy atom. The van der Waals surface area contributed by atoms with Crippen molar-refractivity contribution in [1.29, 1.82) is 0 Å². The highest BCUT2D eigenvalue weighted by molar-refractivity contribution is 5.81. The maximum Gasteiger partial charge on any atom is 0.406 e. The summed E-state index contributed by atoms with van der Waals surface area (Å²) >= 11 is 0. The molecule has 1 heterocycles. The largest absolute Gasteiger partial charge is 0.406 e. The smallest absolute Gasteiger partial charge is 0.384 e. The van der Waals surface area contributed by atoms with Crippen LogP contribution in [0.3, 0.4) is 0 Å². The Hall–Kier alpha value is -1.72. The first-order chi connectivity index (χ1) is 9.78. The van der Waals surface area contributed by atoms with Crippen LogP contribution >= 0.6 is 0 Å². The van der Waals surface area contributed by atoms with Crippen LogP contribution in [-0.4, -0.2) is 36.1 Å². The second-order valence-corrected chi connectivity index (χ2v) is 5.61. The lowest BCUT2D eigenvalue weighted by Gasteiger charge is -2.33. The molecule has 1 aromatic carbocycles. The van der Waals surface area contributed by atoms with Crippen LogP contribution in [0.2, 0.25) is 0 Å². The first-order valence-corrected chi connectivity index (χ1v) is 6.97. The van der Waals surface area contributed by atoms with Gasteiger partial charge in [-0.3, -0.25) is 4.79 Å². The SMILES string of the molecule is CC(C)N(CC(F)(F)F)C(=O)C1CNc2ccccc2C1. The van der Waals surface area contributed by atoms with Crippen LogP contribution in [-0.2, 0) is 11.2 Å². The summed E-state index contributed by atoms with van der Waals surface area (Å²) in [4.78, 5) is 13.3. The molecule has 1 amide bonds. The summed E-state index contributed by atoms with van der Waals surface area (Å²) in [6, 6.07) is 7.08. The molecule has 0 bridgehead atoms. The first kappa shape index (κ1) is 15.7. The van der Waals surface area contributed by atoms with Crippen LogP contribution in [0.1, 0.15) is 19.4 Å². The normalized spacial score (nSPS) is 18.1. The number of alkyl halides is 3. The fourth-order valence-corrected chi connectivity index (χ4v) is 2.56. The molecular weight excluding hydrogens is 281 g/mol. The Bertz CT molecular complexity index is 514. The summed E-state index contributed by atoms with van der Waals surface area (Å²) in [6.45, 7) is 2.39. The topological polar surface area (TPSA) is 32.3 Å². The molecular formula is C15H19F3N2O. The zero-order valence-corrected chi connectivity index (χ0v) is 12.1. The minimum absolute atomic E-state index is 0.372. The van der Waals surface area contributed by atoms with E-state index in [2.05, 4.69) is 5.32 Å². The molecule has 0 saturated carbocycles. The second kappa shape index (κ2) is 5.95. The van der Waals surface area contributed by atoms with Gasteiger partial charge in [0.05, 0.1) is 5.92 Å². The molecule has 0 aliphatic carbocycles. The quantitative estimate of drug-likeness (QED) is 0.930. The van der Waals surface area contributed by atoms with E-state index in [1.807, 2.05) is 24.3 Å². The molecule has 0 aromatic heterocycles. The second-order valence-electron chi connectivity index (χ2n) is 5.61. The fourth-order valence-electron chi connectivity index (χ4n) is 2.56. The van der Waals surface area contributed by atoms with Crippen LogP contribution in [0.15, 0.2) is 24.3 Å². The van der Waals surface area contributed by atoms with Crippen molar-refractivity contribution in [3.63, 3.8) is 0 Å². The molecule has 1 aliphatic heterocycles. The highest BCUT2D eigenvalue weighted by atomic mass is 19.4. The highest BCUT2D eigenvalue weighted by Crippen LogP contribution is 2.27. The van der Waals surface area contributed by atoms with Crippen molar-refractivity contribution in [3.05, 3.63) is 29.8 Å². The van der Waals surface area contributed by atoms with E-state index in [4.69, 9.17) is 0 Å². The van der Waals surface area contributed by atoms with Crippen molar-refractivity contribution in [2.24, 2.45) is 5.92 Å². The number of amides is 1. The number of nitrogens with one attached hydrogen (secondary N) is 1. The summed E-state index contributed by atoms with van der Waals surface area (Å²) in [7, 11) is 0. The molecule has 1 aliphatic rings. The van der Waals surface area contributed by atoms with Gasteiger partial charge >= 0.3 is 6.18 Å². The van der Waals surface area contributed by atoms with Gasteiger partial charge < -0.3 is 10.2 Å². The van der Waals surface area contributed by atoms with E-state index in [0.717, 1.165) is 16.2 Å². The van der Waals surface area contributed by atoms with Crippen molar-refractivity contribution >= 4 is 11.6 Å². The molecule has 0 spiro atoms. The van der Waals surface area contributed by atoms with Crippen molar-refractivity contribution in [2.75, 3.05) is 18.4 Å². The minimum Gasteiger partial charge on any atom is -0.384 e. The van der Waals surface area contributed by atoms with Crippen LogP contribution in [0.5, 0.6) is 0 Å². The lowest BCUT2D eigenvalue weighted by molar-refractivity contribution is -0.167. The van der Waals surface area contributed by atoms with E-state index in [1.54, 1.807) is 13.8 Å². The maximum atomic E-state index is 12.6. The molecule has 0 fully saturated rings. The third kappa shape index (κ3) is 3.89. The number of carbonyl (C=O) groups excluding carboxylic acids is 1.